The van der Waals surface area contributed by atoms with Crippen molar-refractivity contribution < 1.29 is 0 Å². The van der Waals surface area contributed by atoms with Crippen molar-refractivity contribution in [3.63, 3.8) is 0 Å². The van der Waals surface area contributed by atoms with Crippen LogP contribution in [0, 0.1) is 0 Å². The molecule has 8 aromatic carbocycles. The number of para-hydroxylation sites is 3. The first kappa shape index (κ1) is 31.2. The summed E-state index contributed by atoms with van der Waals surface area (Å²) in [6, 6.07) is 65.2. The van der Waals surface area contributed by atoms with Crippen LogP contribution in [0.3, 0.4) is 0 Å². The number of pyridine rings is 1. The third-order valence-corrected chi connectivity index (χ3v) is 11.3. The molecule has 0 bridgehead atoms. The lowest BCUT2D eigenvalue weighted by Crippen LogP contribution is -2.26. The summed E-state index contributed by atoms with van der Waals surface area (Å²) in [5.41, 5.74) is 15.4. The van der Waals surface area contributed by atoms with Gasteiger partial charge in [-0.3, -0.25) is 9.39 Å². The van der Waals surface area contributed by atoms with E-state index in [4.69, 9.17) is 9.98 Å². The first-order chi connectivity index (χ1) is 27.2. The highest BCUT2D eigenvalue weighted by Crippen LogP contribution is 2.48. The van der Waals surface area contributed by atoms with Gasteiger partial charge in [-0.2, -0.15) is 0 Å². The molecule has 4 nitrogen and oxygen atoms in total. The van der Waals surface area contributed by atoms with Gasteiger partial charge in [0.25, 0.3) is 0 Å². The predicted molar refractivity (Wildman–Crippen MR) is 232 cm³/mol. The number of hydrogen-bond acceptors (Lipinski definition) is 3. The third-order valence-electron chi connectivity index (χ3n) is 11.3. The maximum atomic E-state index is 5.14. The van der Waals surface area contributed by atoms with Gasteiger partial charge in [-0.25, -0.2) is 4.98 Å². The fourth-order valence-corrected chi connectivity index (χ4v) is 8.77. The Morgan fingerprint density at radius 1 is 0.527 bits per heavy atom. The zero-order valence-corrected chi connectivity index (χ0v) is 30.0. The number of fused-ring (bicyclic) bond motifs is 13. The van der Waals surface area contributed by atoms with E-state index in [-0.39, 0.29) is 0 Å². The van der Waals surface area contributed by atoms with Crippen molar-refractivity contribution in [1.29, 1.82) is 0 Å². The van der Waals surface area contributed by atoms with Gasteiger partial charge < -0.3 is 4.90 Å². The van der Waals surface area contributed by atoms with Crippen molar-refractivity contribution in [3.05, 3.63) is 199 Å². The van der Waals surface area contributed by atoms with Crippen LogP contribution in [-0.2, 0) is 6.54 Å². The van der Waals surface area contributed by atoms with Gasteiger partial charge in [0.15, 0.2) is 0 Å². The zero-order chi connectivity index (χ0) is 36.5. The van der Waals surface area contributed by atoms with Gasteiger partial charge in [0.2, 0.25) is 0 Å². The van der Waals surface area contributed by atoms with Gasteiger partial charge in [-0.1, -0.05) is 146 Å². The Morgan fingerprint density at radius 2 is 1.18 bits per heavy atom. The van der Waals surface area contributed by atoms with E-state index in [9.17, 15) is 0 Å². The molecule has 0 amide bonds. The third kappa shape index (κ3) is 4.85. The molecule has 3 heterocycles. The summed E-state index contributed by atoms with van der Waals surface area (Å²) in [5, 5.41) is 6.03. The fourth-order valence-electron chi connectivity index (χ4n) is 8.77. The number of hydrogen-bond donors (Lipinski definition) is 0. The molecule has 11 rings (SSSR count). The maximum Gasteiger partial charge on any atom is 0.146 e. The van der Waals surface area contributed by atoms with Crippen LogP contribution in [0.5, 0.6) is 0 Å². The first-order valence-electron chi connectivity index (χ1n) is 18.7. The predicted octanol–water partition coefficient (Wildman–Crippen LogP) is 12.8. The highest BCUT2D eigenvalue weighted by molar-refractivity contribution is 6.15. The van der Waals surface area contributed by atoms with Crippen LogP contribution < -0.4 is 4.90 Å². The summed E-state index contributed by atoms with van der Waals surface area (Å²) in [5.74, 6) is 0. The Labute approximate surface area is 318 Å². The first-order valence-corrected chi connectivity index (χ1v) is 18.7. The monoisotopic (exact) mass is 702 g/mol. The Morgan fingerprint density at radius 3 is 2.00 bits per heavy atom. The van der Waals surface area contributed by atoms with Crippen molar-refractivity contribution in [2.75, 3.05) is 4.90 Å². The lowest BCUT2D eigenvalue weighted by molar-refractivity contribution is 0.977. The van der Waals surface area contributed by atoms with E-state index in [1.54, 1.807) is 0 Å². The number of benzene rings is 8. The number of imidazole rings is 1. The molecular weight excluding hydrogens is 669 g/mol. The smallest absolute Gasteiger partial charge is 0.146 e. The number of rotatable bonds is 5. The quantitative estimate of drug-likeness (QED) is 0.102. The molecule has 258 valence electrons. The zero-order valence-electron chi connectivity index (χ0n) is 30.0. The Balaban J connectivity index is 1.18. The van der Waals surface area contributed by atoms with Crippen LogP contribution in [0.25, 0.3) is 82.8 Å². The molecule has 0 fully saturated rings. The van der Waals surface area contributed by atoms with Gasteiger partial charge in [0.05, 0.1) is 33.6 Å². The second-order valence-corrected chi connectivity index (χ2v) is 14.3. The average molecular weight is 703 g/mol. The molecule has 0 saturated heterocycles. The second-order valence-electron chi connectivity index (χ2n) is 14.3. The number of anilines is 1. The molecule has 0 spiro atoms. The van der Waals surface area contributed by atoms with Gasteiger partial charge >= 0.3 is 0 Å². The van der Waals surface area contributed by atoms with Crippen LogP contribution in [0.4, 0.5) is 5.69 Å². The lowest BCUT2D eigenvalue weighted by atomic mass is 9.87. The molecule has 1 aliphatic rings. The van der Waals surface area contributed by atoms with Gasteiger partial charge in [0, 0.05) is 34.0 Å². The molecule has 55 heavy (non-hydrogen) atoms. The second kappa shape index (κ2) is 12.4. The summed E-state index contributed by atoms with van der Waals surface area (Å²) in [4.78, 5) is 12.4. The number of aliphatic imine (C=N–C) groups is 1. The molecule has 10 aromatic rings. The Kier molecular flexibility index (Phi) is 7.04. The largest absolute Gasteiger partial charge is 0.334 e. The summed E-state index contributed by atoms with van der Waals surface area (Å²) in [7, 11) is 0. The van der Waals surface area contributed by atoms with E-state index < -0.39 is 0 Å². The van der Waals surface area contributed by atoms with Crippen LogP contribution >= 0.6 is 0 Å². The molecular formula is C51H34N4. The molecule has 0 N–H and O–H groups in total. The lowest BCUT2D eigenvalue weighted by Gasteiger charge is -2.36. The van der Waals surface area contributed by atoms with Crippen molar-refractivity contribution in [1.82, 2.24) is 9.38 Å². The summed E-state index contributed by atoms with van der Waals surface area (Å²) < 4.78 is 2.31. The van der Waals surface area contributed by atoms with Gasteiger partial charge in [-0.15, -0.1) is 0 Å². The summed E-state index contributed by atoms with van der Waals surface area (Å²) in [6.45, 7) is 4.82. The highest BCUT2D eigenvalue weighted by atomic mass is 15.2. The topological polar surface area (TPSA) is 32.9 Å². The fraction of sp³-hybridized carbons (Fsp3) is 0.0196. The van der Waals surface area contributed by atoms with E-state index in [1.807, 2.05) is 6.07 Å². The van der Waals surface area contributed by atoms with Gasteiger partial charge in [-0.05, 0) is 81.5 Å². The highest BCUT2D eigenvalue weighted by Gasteiger charge is 2.29. The van der Waals surface area contributed by atoms with E-state index in [2.05, 4.69) is 192 Å². The van der Waals surface area contributed by atoms with E-state index in [0.29, 0.717) is 6.54 Å². The van der Waals surface area contributed by atoms with Crippen molar-refractivity contribution in [3.8, 4) is 22.3 Å². The van der Waals surface area contributed by atoms with Crippen molar-refractivity contribution in [2.45, 2.75) is 6.54 Å². The van der Waals surface area contributed by atoms with E-state index in [1.165, 1.54) is 38.2 Å². The van der Waals surface area contributed by atoms with Crippen LogP contribution in [-0.4, -0.2) is 16.1 Å². The van der Waals surface area contributed by atoms with Crippen molar-refractivity contribution in [2.24, 2.45) is 4.99 Å². The maximum absolute atomic E-state index is 5.14. The standard InChI is InChI=1S/C51H34N4/c1-52-49(34-15-4-2-5-16-34)50(35-17-6-3-7-18-35)54-32-44-38-19-9-8-14-33(38)24-27-39(44)41-28-25-37(31-48(41)54)36-26-29-42-43(30-36)40-20-10-12-22-46(40)55-47-23-13-11-21-45(47)53-51(42)55/h2-31H,1,32H2/b50-49-. The minimum absolute atomic E-state index is 0.678. The van der Waals surface area contributed by atoms with Gasteiger partial charge in [0.1, 0.15) is 5.65 Å². The van der Waals surface area contributed by atoms with Crippen LogP contribution in [0.1, 0.15) is 16.7 Å². The molecule has 0 saturated carbocycles. The molecule has 0 radical (unpaired) electrons. The molecule has 4 heteroatoms. The number of aromatic nitrogens is 2. The molecule has 0 atom stereocenters. The normalized spacial score (nSPS) is 13.0. The summed E-state index contributed by atoms with van der Waals surface area (Å²) in [6.07, 6.45) is 0. The number of nitrogens with zero attached hydrogens (tertiary/aromatic N) is 4. The molecule has 2 aromatic heterocycles. The van der Waals surface area contributed by atoms with Crippen molar-refractivity contribution >= 4 is 72.9 Å². The Hall–Kier alpha value is -7.30. The minimum Gasteiger partial charge on any atom is -0.334 e. The summed E-state index contributed by atoms with van der Waals surface area (Å²) >= 11 is 0. The molecule has 0 aliphatic carbocycles. The van der Waals surface area contributed by atoms with Crippen LogP contribution in [0.2, 0.25) is 0 Å². The van der Waals surface area contributed by atoms with E-state index >= 15 is 0 Å². The molecule has 1 aliphatic heterocycles. The van der Waals surface area contributed by atoms with E-state index in [0.717, 1.165) is 66.9 Å². The Bertz CT molecular complexity index is 3190. The minimum atomic E-state index is 0.678. The molecule has 0 unspecified atom stereocenters. The van der Waals surface area contributed by atoms with Crippen LogP contribution in [0.15, 0.2) is 187 Å². The SMILES string of the molecule is C=N/C(=C(/c1ccccc1)N1Cc2c(ccc3ccccc23)-c2ccc(-c3ccc4c(c3)c3ccccc3n3c5ccccc5nc43)cc21)c1ccccc1. The average Bonchev–Trinajstić information content (AvgIpc) is 3.66.